The number of pyridine rings is 2. The second kappa shape index (κ2) is 7.06. The summed E-state index contributed by atoms with van der Waals surface area (Å²) in [7, 11) is -3.54. The highest BCUT2D eigenvalue weighted by molar-refractivity contribution is 7.89. The van der Waals surface area contributed by atoms with E-state index in [1.165, 1.54) is 22.8 Å². The van der Waals surface area contributed by atoms with Gasteiger partial charge in [-0.25, -0.2) is 8.42 Å². The zero-order valence-corrected chi connectivity index (χ0v) is 13.8. The van der Waals surface area contributed by atoms with E-state index < -0.39 is 10.0 Å². The molecule has 0 atom stereocenters. The molecule has 8 heteroatoms. The molecule has 0 unspecified atom stereocenters. The lowest BCUT2D eigenvalue weighted by molar-refractivity contribution is -0.120. The molecule has 0 aromatic carbocycles. The number of rotatable bonds is 4. The second-order valence-electron chi connectivity index (χ2n) is 5.59. The molecule has 1 aliphatic heterocycles. The van der Waals surface area contributed by atoms with Gasteiger partial charge in [-0.15, -0.1) is 0 Å². The second-order valence-corrected chi connectivity index (χ2v) is 7.53. The molecule has 3 rings (SSSR count). The standard InChI is InChI=1S/C16H18N4O3S/c21-16(19-14-3-8-17-9-4-14)13-5-10-20(11-6-13)24(22,23)15-2-1-7-18-12-15/h1-4,7-9,12-13H,5-6,10-11H2,(H,17,19,21). The summed E-state index contributed by atoms with van der Waals surface area (Å²) in [6.45, 7) is 0.650. The first-order valence-corrected chi connectivity index (χ1v) is 9.12. The molecule has 2 aromatic heterocycles. The van der Waals surface area contributed by atoms with Crippen molar-refractivity contribution in [2.45, 2.75) is 17.7 Å². The fourth-order valence-electron chi connectivity index (χ4n) is 2.69. The van der Waals surface area contributed by atoms with Crippen molar-refractivity contribution < 1.29 is 13.2 Å². The van der Waals surface area contributed by atoms with Crippen molar-refractivity contribution in [3.05, 3.63) is 49.1 Å². The first-order valence-electron chi connectivity index (χ1n) is 7.68. The van der Waals surface area contributed by atoms with Gasteiger partial charge in [0, 0.05) is 49.5 Å². The van der Waals surface area contributed by atoms with Crippen molar-refractivity contribution in [1.82, 2.24) is 14.3 Å². The number of amides is 1. The minimum atomic E-state index is -3.54. The third-order valence-electron chi connectivity index (χ3n) is 4.04. The predicted octanol–water partition coefficient (Wildman–Crippen LogP) is 1.52. The van der Waals surface area contributed by atoms with Crippen LogP contribution < -0.4 is 5.32 Å². The largest absolute Gasteiger partial charge is 0.326 e. The van der Waals surface area contributed by atoms with Gasteiger partial charge in [0.15, 0.2) is 0 Å². The summed E-state index contributed by atoms with van der Waals surface area (Å²) < 4.78 is 26.5. The summed E-state index contributed by atoms with van der Waals surface area (Å²) in [5.74, 6) is -0.280. The van der Waals surface area contributed by atoms with Crippen LogP contribution in [0, 0.1) is 5.92 Å². The summed E-state index contributed by atoms with van der Waals surface area (Å²) in [6, 6.07) is 6.58. The molecule has 1 aliphatic rings. The average molecular weight is 346 g/mol. The molecular weight excluding hydrogens is 328 g/mol. The van der Waals surface area contributed by atoms with Crippen LogP contribution in [-0.2, 0) is 14.8 Å². The van der Waals surface area contributed by atoms with Gasteiger partial charge >= 0.3 is 0 Å². The van der Waals surface area contributed by atoms with Crippen LogP contribution in [0.15, 0.2) is 53.9 Å². The molecule has 0 saturated carbocycles. The average Bonchev–Trinajstić information content (AvgIpc) is 2.63. The summed E-state index contributed by atoms with van der Waals surface area (Å²) in [6.07, 6.45) is 7.09. The molecule has 126 valence electrons. The van der Waals surface area contributed by atoms with Gasteiger partial charge in [0.25, 0.3) is 0 Å². The smallest absolute Gasteiger partial charge is 0.244 e. The van der Waals surface area contributed by atoms with Crippen LogP contribution in [-0.4, -0.2) is 41.7 Å². The molecule has 1 saturated heterocycles. The summed E-state index contributed by atoms with van der Waals surface area (Å²) in [4.78, 5) is 20.2. The number of aromatic nitrogens is 2. The first-order chi connectivity index (χ1) is 11.6. The van der Waals surface area contributed by atoms with Gasteiger partial charge in [-0.05, 0) is 37.1 Å². The third kappa shape index (κ3) is 3.60. The quantitative estimate of drug-likeness (QED) is 0.906. The van der Waals surface area contributed by atoms with Crippen molar-refractivity contribution in [1.29, 1.82) is 0 Å². The molecule has 3 heterocycles. The Morgan fingerprint density at radius 2 is 1.79 bits per heavy atom. The Hall–Kier alpha value is -2.32. The SMILES string of the molecule is O=C(Nc1ccncc1)C1CCN(S(=O)(=O)c2cccnc2)CC1. The predicted molar refractivity (Wildman–Crippen MR) is 88.6 cm³/mol. The molecule has 1 N–H and O–H groups in total. The Bertz CT molecular complexity index is 789. The van der Waals surface area contributed by atoms with E-state index in [0.717, 1.165) is 0 Å². The topological polar surface area (TPSA) is 92.3 Å². The molecule has 0 aliphatic carbocycles. The number of sulfonamides is 1. The molecule has 1 fully saturated rings. The molecule has 2 aromatic rings. The number of carbonyl (C=O) groups excluding carboxylic acids is 1. The van der Waals surface area contributed by atoms with Crippen LogP contribution in [0.25, 0.3) is 0 Å². The van der Waals surface area contributed by atoms with E-state index in [1.807, 2.05) is 0 Å². The maximum Gasteiger partial charge on any atom is 0.244 e. The van der Waals surface area contributed by atoms with Crippen molar-refractivity contribution in [2.75, 3.05) is 18.4 Å². The molecule has 0 radical (unpaired) electrons. The monoisotopic (exact) mass is 346 g/mol. The van der Waals surface area contributed by atoms with E-state index in [9.17, 15) is 13.2 Å². The summed E-state index contributed by atoms with van der Waals surface area (Å²) in [5.41, 5.74) is 0.695. The van der Waals surface area contributed by atoms with Gasteiger partial charge in [0.05, 0.1) is 0 Å². The zero-order chi connectivity index (χ0) is 17.0. The van der Waals surface area contributed by atoms with E-state index in [0.29, 0.717) is 31.6 Å². The number of piperidine rings is 1. The first kappa shape index (κ1) is 16.5. The van der Waals surface area contributed by atoms with E-state index >= 15 is 0 Å². The molecular formula is C16H18N4O3S. The Balaban J connectivity index is 1.61. The maximum atomic E-state index is 12.5. The van der Waals surface area contributed by atoms with Gasteiger partial charge in [0.1, 0.15) is 4.90 Å². The van der Waals surface area contributed by atoms with E-state index in [1.54, 1.807) is 30.6 Å². The van der Waals surface area contributed by atoms with Crippen LogP contribution in [0.5, 0.6) is 0 Å². The van der Waals surface area contributed by atoms with Gasteiger partial charge in [0.2, 0.25) is 15.9 Å². The normalized spacial score (nSPS) is 16.7. The molecule has 0 bridgehead atoms. The lowest BCUT2D eigenvalue weighted by atomic mass is 9.97. The fraction of sp³-hybridized carbons (Fsp3) is 0.312. The van der Waals surface area contributed by atoms with Gasteiger partial charge in [-0.3, -0.25) is 14.8 Å². The highest BCUT2D eigenvalue weighted by atomic mass is 32.2. The zero-order valence-electron chi connectivity index (χ0n) is 13.0. The number of hydrogen-bond acceptors (Lipinski definition) is 5. The minimum Gasteiger partial charge on any atom is -0.326 e. The maximum absolute atomic E-state index is 12.5. The number of nitrogens with zero attached hydrogens (tertiary/aromatic N) is 3. The Labute approximate surface area is 140 Å². The van der Waals surface area contributed by atoms with Gasteiger partial charge in [-0.2, -0.15) is 4.31 Å². The highest BCUT2D eigenvalue weighted by Crippen LogP contribution is 2.24. The molecule has 24 heavy (non-hydrogen) atoms. The lowest BCUT2D eigenvalue weighted by Gasteiger charge is -2.30. The minimum absolute atomic E-state index is 0.0837. The molecule has 1 amide bonds. The molecule has 0 spiro atoms. The summed E-state index contributed by atoms with van der Waals surface area (Å²) in [5, 5.41) is 2.84. The van der Waals surface area contributed by atoms with Crippen molar-refractivity contribution >= 4 is 21.6 Å². The van der Waals surface area contributed by atoms with Crippen molar-refractivity contribution in [3.63, 3.8) is 0 Å². The lowest BCUT2D eigenvalue weighted by Crippen LogP contribution is -2.41. The fourth-order valence-corrected chi connectivity index (χ4v) is 4.12. The van der Waals surface area contributed by atoms with E-state index in [2.05, 4.69) is 15.3 Å². The Kier molecular flexibility index (Phi) is 4.86. The van der Waals surface area contributed by atoms with Crippen LogP contribution >= 0.6 is 0 Å². The van der Waals surface area contributed by atoms with Crippen molar-refractivity contribution in [2.24, 2.45) is 5.92 Å². The van der Waals surface area contributed by atoms with E-state index in [-0.39, 0.29) is 16.7 Å². The van der Waals surface area contributed by atoms with Crippen LogP contribution in [0.1, 0.15) is 12.8 Å². The van der Waals surface area contributed by atoms with Gasteiger partial charge < -0.3 is 5.32 Å². The highest BCUT2D eigenvalue weighted by Gasteiger charge is 2.32. The third-order valence-corrected chi connectivity index (χ3v) is 5.93. The number of hydrogen-bond donors (Lipinski definition) is 1. The van der Waals surface area contributed by atoms with Crippen molar-refractivity contribution in [3.8, 4) is 0 Å². The van der Waals surface area contributed by atoms with E-state index in [4.69, 9.17) is 0 Å². The van der Waals surface area contributed by atoms with Crippen LogP contribution in [0.2, 0.25) is 0 Å². The Morgan fingerprint density at radius 1 is 1.08 bits per heavy atom. The Morgan fingerprint density at radius 3 is 2.42 bits per heavy atom. The number of anilines is 1. The summed E-state index contributed by atoms with van der Waals surface area (Å²) >= 11 is 0. The number of nitrogens with one attached hydrogen (secondary N) is 1. The van der Waals surface area contributed by atoms with Crippen LogP contribution in [0.3, 0.4) is 0 Å². The number of carbonyl (C=O) groups is 1. The van der Waals surface area contributed by atoms with Gasteiger partial charge in [-0.1, -0.05) is 0 Å². The molecule has 7 nitrogen and oxygen atoms in total. The van der Waals surface area contributed by atoms with Crippen LogP contribution in [0.4, 0.5) is 5.69 Å².